The van der Waals surface area contributed by atoms with Crippen LogP contribution in [0.4, 0.5) is 23.5 Å². The summed E-state index contributed by atoms with van der Waals surface area (Å²) in [6.45, 7) is 2.80. The van der Waals surface area contributed by atoms with Crippen LogP contribution in [0.15, 0.2) is 87.6 Å². The van der Waals surface area contributed by atoms with E-state index in [1.54, 1.807) is 30.3 Å². The third kappa shape index (κ3) is 6.07. The Morgan fingerprint density at radius 3 is 2.67 bits per heavy atom. The minimum absolute atomic E-state index is 0.130. The number of nitrogens with one attached hydrogen (secondary N) is 1. The molecule has 1 saturated heterocycles. The molecule has 0 atom stereocenters. The first kappa shape index (κ1) is 23.1. The van der Waals surface area contributed by atoms with Gasteiger partial charge in [-0.05, 0) is 42.0 Å². The molecule has 0 unspecified atom stereocenters. The molecule has 11 heteroatoms. The second-order valence-corrected chi connectivity index (χ2v) is 7.76. The maximum Gasteiger partial charge on any atom is 0.379 e. The first-order valence-corrected chi connectivity index (χ1v) is 11.4. The average molecular weight is 486 g/mol. The number of ether oxygens (including phenoxy) is 2. The van der Waals surface area contributed by atoms with E-state index in [0.29, 0.717) is 43.9 Å². The summed E-state index contributed by atoms with van der Waals surface area (Å²) in [4.78, 5) is 27.6. The van der Waals surface area contributed by atoms with Crippen molar-refractivity contribution < 1.29 is 18.7 Å². The molecule has 0 spiro atoms. The molecule has 0 saturated carbocycles. The van der Waals surface area contributed by atoms with Gasteiger partial charge in [0.25, 0.3) is 5.95 Å². The molecule has 1 aliphatic heterocycles. The molecule has 182 valence electrons. The summed E-state index contributed by atoms with van der Waals surface area (Å²) in [7, 11) is 0. The van der Waals surface area contributed by atoms with Gasteiger partial charge in [-0.15, -0.1) is 5.11 Å². The van der Waals surface area contributed by atoms with Crippen LogP contribution in [0.2, 0.25) is 0 Å². The topological polar surface area (TPSA) is 127 Å². The molecule has 1 N–H and O–H groups in total. The standard InChI is InChI=1S/C25H23N7O4/c33-22(21-10-5-13-35-21)36-20-9-4-6-18(16-20)17-26-31-24-28-23(27-19-7-2-1-3-8-19)29-25(30-24)32-11-14-34-15-12-32/h1-10,13,16H,11-12,14-15,17H2,(H,27,28,29,30). The van der Waals surface area contributed by atoms with Crippen LogP contribution >= 0.6 is 0 Å². The van der Waals surface area contributed by atoms with Crippen molar-refractivity contribution in [3.8, 4) is 5.75 Å². The number of aromatic nitrogens is 3. The average Bonchev–Trinajstić information content (AvgIpc) is 3.46. The van der Waals surface area contributed by atoms with Gasteiger partial charge in [0.1, 0.15) is 5.75 Å². The van der Waals surface area contributed by atoms with Crippen LogP contribution in [0.5, 0.6) is 5.75 Å². The number of nitrogens with zero attached hydrogens (tertiary/aromatic N) is 6. The van der Waals surface area contributed by atoms with Crippen molar-refractivity contribution in [1.82, 2.24) is 15.0 Å². The number of carbonyl (C=O) groups excluding carboxylic acids is 1. The highest BCUT2D eigenvalue weighted by Gasteiger charge is 2.17. The molecule has 2 aromatic carbocycles. The van der Waals surface area contributed by atoms with E-state index in [-0.39, 0.29) is 18.3 Å². The van der Waals surface area contributed by atoms with Gasteiger partial charge in [-0.2, -0.15) is 20.1 Å². The number of hydrogen-bond donors (Lipinski definition) is 1. The summed E-state index contributed by atoms with van der Waals surface area (Å²) in [5, 5.41) is 11.7. The Morgan fingerprint density at radius 2 is 1.86 bits per heavy atom. The number of anilines is 3. The molecule has 36 heavy (non-hydrogen) atoms. The van der Waals surface area contributed by atoms with Crippen LogP contribution < -0.4 is 15.0 Å². The third-order valence-electron chi connectivity index (χ3n) is 5.18. The Morgan fingerprint density at radius 1 is 1.00 bits per heavy atom. The second kappa shape index (κ2) is 11.2. The zero-order chi connectivity index (χ0) is 24.6. The molecule has 0 bridgehead atoms. The number of azo groups is 1. The summed E-state index contributed by atoms with van der Waals surface area (Å²) in [6.07, 6.45) is 1.42. The predicted octanol–water partition coefficient (Wildman–Crippen LogP) is 4.55. The summed E-state index contributed by atoms with van der Waals surface area (Å²) in [5.41, 5.74) is 1.65. The van der Waals surface area contributed by atoms with E-state index in [1.165, 1.54) is 6.26 Å². The fraction of sp³-hybridized carbons (Fsp3) is 0.200. The maximum absolute atomic E-state index is 12.1. The smallest absolute Gasteiger partial charge is 0.379 e. The Balaban J connectivity index is 1.31. The van der Waals surface area contributed by atoms with E-state index in [4.69, 9.17) is 13.9 Å². The molecule has 5 rings (SSSR count). The molecule has 11 nitrogen and oxygen atoms in total. The van der Waals surface area contributed by atoms with Crippen molar-refractivity contribution in [2.45, 2.75) is 6.54 Å². The lowest BCUT2D eigenvalue weighted by molar-refractivity contribution is 0.0701. The number of hydrogen-bond acceptors (Lipinski definition) is 11. The van der Waals surface area contributed by atoms with Gasteiger partial charge in [0.05, 0.1) is 26.0 Å². The van der Waals surface area contributed by atoms with Crippen LogP contribution in [-0.4, -0.2) is 47.2 Å². The molecule has 0 radical (unpaired) electrons. The van der Waals surface area contributed by atoms with Crippen LogP contribution in [0.25, 0.3) is 0 Å². The molecule has 0 amide bonds. The van der Waals surface area contributed by atoms with Crippen LogP contribution in [0.3, 0.4) is 0 Å². The first-order chi connectivity index (χ1) is 17.7. The normalized spacial score (nSPS) is 13.6. The van der Waals surface area contributed by atoms with Crippen molar-refractivity contribution in [3.63, 3.8) is 0 Å². The van der Waals surface area contributed by atoms with Gasteiger partial charge in [0.15, 0.2) is 0 Å². The zero-order valence-electron chi connectivity index (χ0n) is 19.3. The van der Waals surface area contributed by atoms with E-state index in [1.807, 2.05) is 41.3 Å². The SMILES string of the molecule is O=C(Oc1cccc(CN=Nc2nc(Nc3ccccc3)nc(N3CCOCC3)n2)c1)c1ccco1. The van der Waals surface area contributed by atoms with Gasteiger partial charge >= 0.3 is 5.97 Å². The lowest BCUT2D eigenvalue weighted by Crippen LogP contribution is -2.37. The fourth-order valence-electron chi connectivity index (χ4n) is 3.45. The van der Waals surface area contributed by atoms with Gasteiger partial charge in [0, 0.05) is 18.8 Å². The highest BCUT2D eigenvalue weighted by Crippen LogP contribution is 2.21. The minimum atomic E-state index is -0.571. The molecule has 1 fully saturated rings. The third-order valence-corrected chi connectivity index (χ3v) is 5.18. The number of rotatable bonds is 8. The van der Waals surface area contributed by atoms with Crippen LogP contribution in [0, 0.1) is 0 Å². The number of carbonyl (C=O) groups is 1. The lowest BCUT2D eigenvalue weighted by atomic mass is 10.2. The van der Waals surface area contributed by atoms with Crippen molar-refractivity contribution in [1.29, 1.82) is 0 Å². The summed E-state index contributed by atoms with van der Waals surface area (Å²) in [5.74, 6) is 1.01. The monoisotopic (exact) mass is 485 g/mol. The van der Waals surface area contributed by atoms with Crippen molar-refractivity contribution in [2.75, 3.05) is 36.5 Å². The van der Waals surface area contributed by atoms with Crippen molar-refractivity contribution >= 4 is 29.5 Å². The highest BCUT2D eigenvalue weighted by molar-refractivity contribution is 5.88. The van der Waals surface area contributed by atoms with Gasteiger partial charge in [-0.25, -0.2) is 4.79 Å². The number of para-hydroxylation sites is 1. The minimum Gasteiger partial charge on any atom is -0.457 e. The summed E-state index contributed by atoms with van der Waals surface area (Å²) >= 11 is 0. The first-order valence-electron chi connectivity index (χ1n) is 11.4. The van der Waals surface area contributed by atoms with Crippen LogP contribution in [-0.2, 0) is 11.3 Å². The fourth-order valence-corrected chi connectivity index (χ4v) is 3.45. The number of esters is 1. The number of benzene rings is 2. The summed E-state index contributed by atoms with van der Waals surface area (Å²) in [6, 6.07) is 19.8. The van der Waals surface area contributed by atoms with Gasteiger partial charge in [-0.3, -0.25) is 0 Å². The van der Waals surface area contributed by atoms with Crippen molar-refractivity contribution in [2.24, 2.45) is 10.2 Å². The Hall–Kier alpha value is -4.64. The highest BCUT2D eigenvalue weighted by atomic mass is 16.5. The maximum atomic E-state index is 12.1. The molecule has 2 aromatic heterocycles. The van der Waals surface area contributed by atoms with E-state index in [0.717, 1.165) is 11.3 Å². The molecule has 0 aliphatic carbocycles. The summed E-state index contributed by atoms with van der Waals surface area (Å²) < 4.78 is 15.9. The Bertz CT molecular complexity index is 1320. The lowest BCUT2D eigenvalue weighted by Gasteiger charge is -2.26. The molecule has 1 aliphatic rings. The number of furan rings is 1. The second-order valence-electron chi connectivity index (χ2n) is 7.76. The van der Waals surface area contributed by atoms with E-state index < -0.39 is 5.97 Å². The predicted molar refractivity (Wildman–Crippen MR) is 131 cm³/mol. The Labute approximate surface area is 206 Å². The largest absolute Gasteiger partial charge is 0.457 e. The van der Waals surface area contributed by atoms with Crippen LogP contribution in [0.1, 0.15) is 16.1 Å². The van der Waals surface area contributed by atoms with E-state index >= 15 is 0 Å². The quantitative estimate of drug-likeness (QED) is 0.217. The molecule has 4 aromatic rings. The Kier molecular flexibility index (Phi) is 7.19. The van der Waals surface area contributed by atoms with Gasteiger partial charge in [0.2, 0.25) is 17.7 Å². The zero-order valence-corrected chi connectivity index (χ0v) is 19.3. The molecular formula is C25H23N7O4. The van der Waals surface area contributed by atoms with Crippen molar-refractivity contribution in [3.05, 3.63) is 84.3 Å². The number of morpholine rings is 1. The molecule has 3 heterocycles. The molecular weight excluding hydrogens is 462 g/mol. The van der Waals surface area contributed by atoms with E-state index in [9.17, 15) is 4.79 Å². The van der Waals surface area contributed by atoms with Gasteiger partial charge < -0.3 is 24.1 Å². The van der Waals surface area contributed by atoms with E-state index in [2.05, 4.69) is 30.5 Å². The van der Waals surface area contributed by atoms with Gasteiger partial charge in [-0.1, -0.05) is 30.3 Å².